The Labute approximate surface area is 75.6 Å². The Morgan fingerprint density at radius 3 is 3.08 bits per heavy atom. The lowest BCUT2D eigenvalue weighted by Crippen LogP contribution is -2.29. The highest BCUT2D eigenvalue weighted by atomic mass is 16.4. The molecule has 0 radical (unpaired) electrons. The van der Waals surface area contributed by atoms with Gasteiger partial charge in [-0.05, 0) is 18.1 Å². The highest BCUT2D eigenvalue weighted by Crippen LogP contribution is 2.25. The van der Waals surface area contributed by atoms with E-state index in [0.29, 0.717) is 6.42 Å². The molecule has 1 fully saturated rings. The van der Waals surface area contributed by atoms with Crippen molar-refractivity contribution in [2.45, 2.75) is 18.4 Å². The van der Waals surface area contributed by atoms with Gasteiger partial charge in [0, 0.05) is 12.5 Å². The van der Waals surface area contributed by atoms with Crippen LogP contribution in [0.3, 0.4) is 0 Å². The molecule has 0 bridgehead atoms. The van der Waals surface area contributed by atoms with Gasteiger partial charge in [0.25, 0.3) is 0 Å². The summed E-state index contributed by atoms with van der Waals surface area (Å²) in [5, 5.41) is 11.7. The smallest absolute Gasteiger partial charge is 0.320 e. The number of hydrogen-bond donors (Lipinski definition) is 2. The number of carboxylic acid groups (broad SMARTS) is 1. The highest BCUT2D eigenvalue weighted by molar-refractivity contribution is 5.74. The number of aliphatic carboxylic acids is 1. The zero-order chi connectivity index (χ0) is 9.26. The topological polar surface area (TPSA) is 62.5 Å². The van der Waals surface area contributed by atoms with E-state index in [4.69, 9.17) is 9.52 Å². The zero-order valence-corrected chi connectivity index (χ0v) is 7.06. The molecule has 1 aromatic heterocycles. The normalized spacial score (nSPS) is 27.7. The van der Waals surface area contributed by atoms with Crippen molar-refractivity contribution in [1.29, 1.82) is 0 Å². The van der Waals surface area contributed by atoms with Crippen molar-refractivity contribution in [1.82, 2.24) is 5.32 Å². The minimum atomic E-state index is -0.772. The lowest BCUT2D eigenvalue weighted by atomic mass is 9.99. The summed E-state index contributed by atoms with van der Waals surface area (Å²) in [6, 6.07) is 1.48. The maximum atomic E-state index is 10.6. The molecule has 0 spiro atoms. The molecule has 0 amide bonds. The summed E-state index contributed by atoms with van der Waals surface area (Å²) in [6.45, 7) is 0.719. The van der Waals surface area contributed by atoms with Crippen LogP contribution in [0.5, 0.6) is 0 Å². The number of carboxylic acids is 1. The van der Waals surface area contributed by atoms with Crippen molar-refractivity contribution in [3.8, 4) is 0 Å². The molecule has 1 unspecified atom stereocenters. The number of furan rings is 1. The number of nitrogens with one attached hydrogen (secondary N) is 1. The number of hydrogen-bond acceptors (Lipinski definition) is 3. The van der Waals surface area contributed by atoms with E-state index in [2.05, 4.69) is 5.32 Å². The zero-order valence-electron chi connectivity index (χ0n) is 7.06. The summed E-state index contributed by atoms with van der Waals surface area (Å²) in [6.07, 6.45) is 3.94. The molecule has 70 valence electrons. The summed E-state index contributed by atoms with van der Waals surface area (Å²) in [7, 11) is 0. The molecule has 4 heteroatoms. The highest BCUT2D eigenvalue weighted by Gasteiger charge is 2.30. The van der Waals surface area contributed by atoms with Gasteiger partial charge in [0.05, 0.1) is 12.5 Å². The van der Waals surface area contributed by atoms with E-state index in [-0.39, 0.29) is 5.92 Å². The summed E-state index contributed by atoms with van der Waals surface area (Å²) in [4.78, 5) is 10.6. The lowest BCUT2D eigenvalue weighted by Gasteiger charge is -2.03. The maximum Gasteiger partial charge on any atom is 0.320 e. The average molecular weight is 181 g/mol. The van der Waals surface area contributed by atoms with Crippen LogP contribution in [0.1, 0.15) is 17.9 Å². The summed E-state index contributed by atoms with van der Waals surface area (Å²) < 4.78 is 4.95. The average Bonchev–Trinajstić information content (AvgIpc) is 2.75. The van der Waals surface area contributed by atoms with Gasteiger partial charge in [0.2, 0.25) is 0 Å². The van der Waals surface area contributed by atoms with Crippen LogP contribution in [0.4, 0.5) is 0 Å². The molecule has 0 aliphatic carbocycles. The van der Waals surface area contributed by atoms with Crippen molar-refractivity contribution in [3.63, 3.8) is 0 Å². The van der Waals surface area contributed by atoms with Gasteiger partial charge in [-0.3, -0.25) is 4.79 Å². The summed E-state index contributed by atoms with van der Waals surface area (Å²) in [5.74, 6) is -0.495. The van der Waals surface area contributed by atoms with Gasteiger partial charge in [-0.2, -0.15) is 0 Å². The van der Waals surface area contributed by atoms with Crippen LogP contribution >= 0.6 is 0 Å². The van der Waals surface area contributed by atoms with Crippen molar-refractivity contribution in [2.24, 2.45) is 0 Å². The molecule has 2 rings (SSSR count). The Hall–Kier alpha value is -1.29. The van der Waals surface area contributed by atoms with Crippen molar-refractivity contribution in [2.75, 3.05) is 6.54 Å². The van der Waals surface area contributed by atoms with Crippen molar-refractivity contribution in [3.05, 3.63) is 24.2 Å². The van der Waals surface area contributed by atoms with Crippen LogP contribution in [-0.2, 0) is 4.79 Å². The predicted molar refractivity (Wildman–Crippen MR) is 45.5 cm³/mol. The van der Waals surface area contributed by atoms with E-state index in [9.17, 15) is 4.79 Å². The Morgan fingerprint density at radius 2 is 2.54 bits per heavy atom. The minimum Gasteiger partial charge on any atom is -0.480 e. The second kappa shape index (κ2) is 3.22. The third-order valence-electron chi connectivity index (χ3n) is 2.44. The van der Waals surface area contributed by atoms with Crippen molar-refractivity contribution < 1.29 is 14.3 Å². The van der Waals surface area contributed by atoms with Crippen LogP contribution in [-0.4, -0.2) is 23.7 Å². The van der Waals surface area contributed by atoms with Gasteiger partial charge in [0.1, 0.15) is 6.04 Å². The van der Waals surface area contributed by atoms with E-state index in [1.807, 2.05) is 6.07 Å². The fourth-order valence-electron chi connectivity index (χ4n) is 1.69. The Kier molecular flexibility index (Phi) is 2.06. The molecule has 0 aromatic carbocycles. The van der Waals surface area contributed by atoms with Crippen LogP contribution < -0.4 is 5.32 Å². The first-order valence-electron chi connectivity index (χ1n) is 4.25. The fourth-order valence-corrected chi connectivity index (χ4v) is 1.69. The van der Waals surface area contributed by atoms with Gasteiger partial charge in [-0.1, -0.05) is 0 Å². The molecule has 1 aliphatic rings. The summed E-state index contributed by atoms with van der Waals surface area (Å²) >= 11 is 0. The van der Waals surface area contributed by atoms with Crippen molar-refractivity contribution >= 4 is 5.97 Å². The third-order valence-corrected chi connectivity index (χ3v) is 2.44. The third kappa shape index (κ3) is 1.58. The van der Waals surface area contributed by atoms with E-state index in [1.54, 1.807) is 12.5 Å². The standard InChI is InChI=1S/C9H11NO3/c11-9(12)8-3-7(4-10-8)6-1-2-13-5-6/h1-2,5,7-8,10H,3-4H2,(H,11,12)/t7?,8-/m0/s1. The molecular weight excluding hydrogens is 170 g/mol. The van der Waals surface area contributed by atoms with Gasteiger partial charge >= 0.3 is 5.97 Å². The van der Waals surface area contributed by atoms with Crippen LogP contribution in [0.25, 0.3) is 0 Å². The lowest BCUT2D eigenvalue weighted by molar-refractivity contribution is -0.139. The van der Waals surface area contributed by atoms with Crippen LogP contribution in [0.2, 0.25) is 0 Å². The fraction of sp³-hybridized carbons (Fsp3) is 0.444. The first kappa shape index (κ1) is 8.31. The molecule has 1 saturated heterocycles. The number of rotatable bonds is 2. The molecule has 2 heterocycles. The summed E-state index contributed by atoms with van der Waals surface area (Å²) in [5.41, 5.74) is 1.08. The van der Waals surface area contributed by atoms with E-state index in [0.717, 1.165) is 12.1 Å². The molecule has 1 aliphatic heterocycles. The largest absolute Gasteiger partial charge is 0.480 e. The quantitative estimate of drug-likeness (QED) is 0.708. The monoisotopic (exact) mass is 181 g/mol. The molecule has 2 N–H and O–H groups in total. The molecule has 4 nitrogen and oxygen atoms in total. The second-order valence-electron chi connectivity index (χ2n) is 3.29. The van der Waals surface area contributed by atoms with E-state index >= 15 is 0 Å². The van der Waals surface area contributed by atoms with Gasteiger partial charge in [-0.25, -0.2) is 0 Å². The Bertz CT molecular complexity index is 294. The van der Waals surface area contributed by atoms with E-state index in [1.165, 1.54) is 0 Å². The van der Waals surface area contributed by atoms with Gasteiger partial charge < -0.3 is 14.8 Å². The predicted octanol–water partition coefficient (Wildman–Crippen LogP) is 0.810. The molecule has 13 heavy (non-hydrogen) atoms. The Morgan fingerprint density at radius 1 is 1.69 bits per heavy atom. The SMILES string of the molecule is O=C(O)[C@@H]1CC(c2ccoc2)CN1. The number of carbonyl (C=O) groups is 1. The molecule has 2 atom stereocenters. The second-order valence-corrected chi connectivity index (χ2v) is 3.29. The minimum absolute atomic E-state index is 0.278. The molecule has 0 saturated carbocycles. The molecular formula is C9H11NO3. The first-order valence-corrected chi connectivity index (χ1v) is 4.25. The maximum absolute atomic E-state index is 10.6. The van der Waals surface area contributed by atoms with Gasteiger partial charge in [0.15, 0.2) is 0 Å². The first-order chi connectivity index (χ1) is 6.27. The van der Waals surface area contributed by atoms with Crippen LogP contribution in [0.15, 0.2) is 23.0 Å². The van der Waals surface area contributed by atoms with Gasteiger partial charge in [-0.15, -0.1) is 0 Å². The molecule has 1 aromatic rings. The Balaban J connectivity index is 2.03. The van der Waals surface area contributed by atoms with E-state index < -0.39 is 12.0 Å². The van der Waals surface area contributed by atoms with Crippen LogP contribution in [0, 0.1) is 0 Å².